The van der Waals surface area contributed by atoms with Crippen LogP contribution in [-0.2, 0) is 6.61 Å². The predicted octanol–water partition coefficient (Wildman–Crippen LogP) is 2.90. The Morgan fingerprint density at radius 3 is 2.46 bits per heavy atom. The summed E-state index contributed by atoms with van der Waals surface area (Å²) in [5.74, 6) is 2.15. The molecule has 0 bridgehead atoms. The van der Waals surface area contributed by atoms with E-state index in [0.717, 1.165) is 22.7 Å². The van der Waals surface area contributed by atoms with Gasteiger partial charge in [-0.25, -0.2) is 4.68 Å². The van der Waals surface area contributed by atoms with Gasteiger partial charge < -0.3 is 14.0 Å². The topological polar surface area (TPSA) is 88.1 Å². The number of aromatic nitrogens is 5. The van der Waals surface area contributed by atoms with Crippen molar-refractivity contribution in [2.24, 2.45) is 0 Å². The van der Waals surface area contributed by atoms with Crippen molar-refractivity contribution in [1.82, 2.24) is 25.4 Å². The summed E-state index contributed by atoms with van der Waals surface area (Å²) in [6, 6.07) is 16.9. The Bertz CT molecular complexity index is 963. The quantitative estimate of drug-likeness (QED) is 0.529. The van der Waals surface area contributed by atoms with Crippen LogP contribution in [0.5, 0.6) is 11.5 Å². The summed E-state index contributed by atoms with van der Waals surface area (Å²) in [4.78, 5) is 0. The van der Waals surface area contributed by atoms with Gasteiger partial charge in [-0.05, 0) is 59.0 Å². The summed E-state index contributed by atoms with van der Waals surface area (Å²) in [6.45, 7) is 0.285. The molecule has 2 aromatic carbocycles. The summed E-state index contributed by atoms with van der Waals surface area (Å²) in [7, 11) is 1.63. The fraction of sp³-hybridized carbons (Fsp3) is 0.111. The Balaban J connectivity index is 1.39. The van der Waals surface area contributed by atoms with Crippen LogP contribution in [0.25, 0.3) is 16.9 Å². The standard InChI is InChI=1S/C18H15N5O3/c1-24-15-6-2-13(3-7-15)18-10-17(26-20-18)11-25-16-8-4-14(5-9-16)23-12-19-21-22-23/h2-10,12H,11H2,1H3. The SMILES string of the molecule is COc1ccc(-c2cc(COc3ccc(-n4cnnn4)cc3)on2)cc1. The molecule has 0 amide bonds. The van der Waals surface area contributed by atoms with Gasteiger partial charge in [0, 0.05) is 11.6 Å². The summed E-state index contributed by atoms with van der Waals surface area (Å²) in [5, 5.41) is 15.1. The van der Waals surface area contributed by atoms with Gasteiger partial charge in [0.25, 0.3) is 0 Å². The van der Waals surface area contributed by atoms with Gasteiger partial charge in [-0.3, -0.25) is 0 Å². The second-order valence-corrected chi connectivity index (χ2v) is 5.44. The highest BCUT2D eigenvalue weighted by Gasteiger charge is 2.08. The first-order chi connectivity index (χ1) is 12.8. The smallest absolute Gasteiger partial charge is 0.174 e. The second-order valence-electron chi connectivity index (χ2n) is 5.44. The molecule has 2 aromatic heterocycles. The minimum atomic E-state index is 0.285. The molecular formula is C18H15N5O3. The fourth-order valence-corrected chi connectivity index (χ4v) is 2.41. The molecule has 4 rings (SSSR count). The van der Waals surface area contributed by atoms with Crippen molar-refractivity contribution in [3.05, 3.63) is 66.7 Å². The summed E-state index contributed by atoms with van der Waals surface area (Å²) < 4.78 is 17.8. The molecule has 26 heavy (non-hydrogen) atoms. The third-order valence-corrected chi connectivity index (χ3v) is 3.78. The van der Waals surface area contributed by atoms with Crippen LogP contribution in [0.15, 0.2) is 65.4 Å². The third-order valence-electron chi connectivity index (χ3n) is 3.78. The zero-order valence-electron chi connectivity index (χ0n) is 13.9. The minimum absolute atomic E-state index is 0.285. The Hall–Kier alpha value is -3.68. The summed E-state index contributed by atoms with van der Waals surface area (Å²) >= 11 is 0. The van der Waals surface area contributed by atoms with E-state index < -0.39 is 0 Å². The first-order valence-corrected chi connectivity index (χ1v) is 7.88. The molecule has 0 unspecified atom stereocenters. The van der Waals surface area contributed by atoms with E-state index in [9.17, 15) is 0 Å². The molecule has 0 aliphatic carbocycles. The second kappa shape index (κ2) is 7.06. The number of rotatable bonds is 6. The average molecular weight is 349 g/mol. The molecule has 4 aromatic rings. The van der Waals surface area contributed by atoms with Gasteiger partial charge in [-0.15, -0.1) is 5.10 Å². The Morgan fingerprint density at radius 2 is 1.77 bits per heavy atom. The Labute approximate surface area is 149 Å². The highest BCUT2D eigenvalue weighted by molar-refractivity contribution is 5.59. The number of nitrogens with zero attached hydrogens (tertiary/aromatic N) is 5. The average Bonchev–Trinajstić information content (AvgIpc) is 3.39. The molecule has 0 aliphatic heterocycles. The van der Waals surface area contributed by atoms with Crippen LogP contribution >= 0.6 is 0 Å². The van der Waals surface area contributed by atoms with Crippen LogP contribution < -0.4 is 9.47 Å². The number of tetrazole rings is 1. The molecular weight excluding hydrogens is 334 g/mol. The van der Waals surface area contributed by atoms with E-state index in [2.05, 4.69) is 20.7 Å². The number of benzene rings is 2. The predicted molar refractivity (Wildman–Crippen MR) is 92.0 cm³/mol. The first kappa shape index (κ1) is 15.8. The zero-order valence-corrected chi connectivity index (χ0v) is 13.9. The van der Waals surface area contributed by atoms with E-state index in [4.69, 9.17) is 14.0 Å². The Kier molecular flexibility index (Phi) is 4.29. The lowest BCUT2D eigenvalue weighted by Gasteiger charge is -2.04. The molecule has 0 radical (unpaired) electrons. The third kappa shape index (κ3) is 3.39. The maximum Gasteiger partial charge on any atom is 0.174 e. The highest BCUT2D eigenvalue weighted by Crippen LogP contribution is 2.23. The number of methoxy groups -OCH3 is 1. The van der Waals surface area contributed by atoms with Crippen molar-refractivity contribution in [2.45, 2.75) is 6.61 Å². The molecule has 0 spiro atoms. The number of ether oxygens (including phenoxy) is 2. The largest absolute Gasteiger partial charge is 0.497 e. The molecule has 2 heterocycles. The van der Waals surface area contributed by atoms with E-state index in [-0.39, 0.29) is 6.61 Å². The van der Waals surface area contributed by atoms with E-state index in [0.29, 0.717) is 11.5 Å². The Morgan fingerprint density at radius 1 is 1.00 bits per heavy atom. The lowest BCUT2D eigenvalue weighted by molar-refractivity contribution is 0.249. The van der Waals surface area contributed by atoms with Crippen LogP contribution in [0.3, 0.4) is 0 Å². The van der Waals surface area contributed by atoms with E-state index in [1.54, 1.807) is 11.8 Å². The number of hydrogen-bond acceptors (Lipinski definition) is 7. The molecule has 0 saturated heterocycles. The van der Waals surface area contributed by atoms with Crippen molar-refractivity contribution >= 4 is 0 Å². The molecule has 0 N–H and O–H groups in total. The van der Waals surface area contributed by atoms with Gasteiger partial charge in [0.2, 0.25) is 0 Å². The lowest BCUT2D eigenvalue weighted by atomic mass is 10.1. The van der Waals surface area contributed by atoms with E-state index >= 15 is 0 Å². The molecule has 0 atom stereocenters. The van der Waals surface area contributed by atoms with Crippen molar-refractivity contribution in [3.63, 3.8) is 0 Å². The van der Waals surface area contributed by atoms with Crippen LogP contribution in [0.1, 0.15) is 5.76 Å². The summed E-state index contributed by atoms with van der Waals surface area (Å²) in [6.07, 6.45) is 1.53. The molecule has 8 heteroatoms. The van der Waals surface area contributed by atoms with Gasteiger partial charge in [0.15, 0.2) is 5.76 Å². The molecule has 0 fully saturated rings. The lowest BCUT2D eigenvalue weighted by Crippen LogP contribution is -1.96. The van der Waals surface area contributed by atoms with Crippen molar-refractivity contribution < 1.29 is 14.0 Å². The van der Waals surface area contributed by atoms with Crippen LogP contribution in [0, 0.1) is 0 Å². The van der Waals surface area contributed by atoms with E-state index in [1.807, 2.05) is 54.6 Å². The van der Waals surface area contributed by atoms with Gasteiger partial charge in [0.1, 0.15) is 30.1 Å². The fourth-order valence-electron chi connectivity index (χ4n) is 2.41. The van der Waals surface area contributed by atoms with Gasteiger partial charge in [0.05, 0.1) is 12.8 Å². The van der Waals surface area contributed by atoms with Crippen molar-refractivity contribution in [2.75, 3.05) is 7.11 Å². The van der Waals surface area contributed by atoms with Crippen molar-refractivity contribution in [1.29, 1.82) is 0 Å². The van der Waals surface area contributed by atoms with Gasteiger partial charge in [-0.2, -0.15) is 0 Å². The normalized spacial score (nSPS) is 10.7. The van der Waals surface area contributed by atoms with Crippen LogP contribution in [0.2, 0.25) is 0 Å². The van der Waals surface area contributed by atoms with E-state index in [1.165, 1.54) is 6.33 Å². The summed E-state index contributed by atoms with van der Waals surface area (Å²) in [5.41, 5.74) is 2.55. The maximum atomic E-state index is 5.74. The molecule has 8 nitrogen and oxygen atoms in total. The minimum Gasteiger partial charge on any atom is -0.497 e. The van der Waals surface area contributed by atoms with Crippen LogP contribution in [-0.4, -0.2) is 32.5 Å². The van der Waals surface area contributed by atoms with Gasteiger partial charge in [-0.1, -0.05) is 5.16 Å². The van der Waals surface area contributed by atoms with Crippen LogP contribution in [0.4, 0.5) is 0 Å². The monoisotopic (exact) mass is 349 g/mol. The highest BCUT2D eigenvalue weighted by atomic mass is 16.5. The zero-order chi connectivity index (χ0) is 17.8. The molecule has 130 valence electrons. The van der Waals surface area contributed by atoms with Gasteiger partial charge >= 0.3 is 0 Å². The number of hydrogen-bond donors (Lipinski definition) is 0. The first-order valence-electron chi connectivity index (χ1n) is 7.88. The maximum absolute atomic E-state index is 5.74. The van der Waals surface area contributed by atoms with Crippen molar-refractivity contribution in [3.8, 4) is 28.4 Å². The molecule has 0 aliphatic rings. The molecule has 0 saturated carbocycles.